The van der Waals surface area contributed by atoms with Crippen LogP contribution in [0.2, 0.25) is 0 Å². The molecule has 1 fully saturated rings. The van der Waals surface area contributed by atoms with E-state index in [-0.39, 0.29) is 35.9 Å². The molecule has 4 nitrogen and oxygen atoms in total. The molecule has 0 radical (unpaired) electrons. The summed E-state index contributed by atoms with van der Waals surface area (Å²) in [5.41, 5.74) is 0. The summed E-state index contributed by atoms with van der Waals surface area (Å²) in [5.74, 6) is 1.98. The third-order valence-electron chi connectivity index (χ3n) is 2.35. The van der Waals surface area contributed by atoms with Gasteiger partial charge in [-0.25, -0.2) is 8.42 Å². The Kier molecular flexibility index (Phi) is 4.00. The van der Waals surface area contributed by atoms with Crippen molar-refractivity contribution in [1.82, 2.24) is 4.90 Å². The molecule has 1 amide bonds. The summed E-state index contributed by atoms with van der Waals surface area (Å²) in [6.45, 7) is 0.117. The largest absolute Gasteiger partial charge is 0.326 e. The van der Waals surface area contributed by atoms with E-state index in [4.69, 9.17) is 18.0 Å². The Morgan fingerprint density at radius 3 is 2.67 bits per heavy atom. The highest BCUT2D eigenvalue weighted by molar-refractivity contribution is 7.91. The van der Waals surface area contributed by atoms with Crippen LogP contribution in [0.25, 0.3) is 0 Å². The molecular weight excluding hydrogens is 238 g/mol. The summed E-state index contributed by atoms with van der Waals surface area (Å²) in [5, 5.41) is 0. The van der Waals surface area contributed by atoms with Gasteiger partial charge in [0.2, 0.25) is 5.91 Å². The second-order valence-corrected chi connectivity index (χ2v) is 5.91. The van der Waals surface area contributed by atoms with Crippen molar-refractivity contribution in [2.24, 2.45) is 0 Å². The Morgan fingerprint density at radius 1 is 1.60 bits per heavy atom. The molecule has 15 heavy (non-hydrogen) atoms. The number of hydrogen-bond donors (Lipinski definition) is 0. The van der Waals surface area contributed by atoms with Gasteiger partial charge in [0.05, 0.1) is 18.1 Å². The molecule has 1 atom stereocenters. The minimum atomic E-state index is -3.01. The number of terminal acetylenes is 1. The summed E-state index contributed by atoms with van der Waals surface area (Å²) < 4.78 is 22.5. The topological polar surface area (TPSA) is 54.5 Å². The van der Waals surface area contributed by atoms with Gasteiger partial charge in [-0.15, -0.1) is 18.0 Å². The van der Waals surface area contributed by atoms with E-state index >= 15 is 0 Å². The van der Waals surface area contributed by atoms with Crippen LogP contribution in [-0.4, -0.2) is 49.2 Å². The monoisotopic (exact) mass is 249 g/mol. The lowest BCUT2D eigenvalue weighted by Crippen LogP contribution is -2.42. The quantitative estimate of drug-likeness (QED) is 0.517. The predicted molar refractivity (Wildman–Crippen MR) is 58.3 cm³/mol. The molecule has 1 aliphatic rings. The SMILES string of the molecule is C#CCN(C(=O)CCl)C1CCS(=O)(=O)C1. The van der Waals surface area contributed by atoms with Crippen molar-refractivity contribution in [2.45, 2.75) is 12.5 Å². The summed E-state index contributed by atoms with van der Waals surface area (Å²) >= 11 is 5.42. The lowest BCUT2D eigenvalue weighted by molar-refractivity contribution is -0.129. The number of hydrogen-bond acceptors (Lipinski definition) is 3. The molecule has 0 spiro atoms. The molecule has 0 bridgehead atoms. The second-order valence-electron chi connectivity index (χ2n) is 3.42. The van der Waals surface area contributed by atoms with Crippen LogP contribution in [-0.2, 0) is 14.6 Å². The summed E-state index contributed by atoms with van der Waals surface area (Å²) in [6.07, 6.45) is 5.57. The van der Waals surface area contributed by atoms with Gasteiger partial charge >= 0.3 is 0 Å². The molecular formula is C9H12ClNO3S. The summed E-state index contributed by atoms with van der Waals surface area (Å²) in [6, 6.07) is -0.308. The van der Waals surface area contributed by atoms with Crippen molar-refractivity contribution >= 4 is 27.3 Å². The first-order valence-electron chi connectivity index (χ1n) is 4.49. The third kappa shape index (κ3) is 3.11. The van der Waals surface area contributed by atoms with E-state index in [0.29, 0.717) is 6.42 Å². The fourth-order valence-electron chi connectivity index (χ4n) is 1.62. The van der Waals surface area contributed by atoms with Crippen LogP contribution in [0, 0.1) is 12.3 Å². The van der Waals surface area contributed by atoms with Gasteiger partial charge in [-0.1, -0.05) is 5.92 Å². The normalized spacial score (nSPS) is 23.3. The zero-order chi connectivity index (χ0) is 11.5. The number of carbonyl (C=O) groups is 1. The van der Waals surface area contributed by atoms with Gasteiger partial charge in [0.15, 0.2) is 9.84 Å². The maximum absolute atomic E-state index is 11.4. The number of carbonyl (C=O) groups excluding carboxylic acids is 1. The standard InChI is InChI=1S/C9H12ClNO3S/c1-2-4-11(9(12)6-10)8-3-5-15(13,14)7-8/h1,8H,3-7H2. The molecule has 0 aliphatic carbocycles. The molecule has 1 heterocycles. The predicted octanol–water partition coefficient (Wildman–Crippen LogP) is -0.126. The Bertz CT molecular complexity index is 385. The van der Waals surface area contributed by atoms with Crippen molar-refractivity contribution in [3.63, 3.8) is 0 Å². The number of alkyl halides is 1. The Labute approximate surface area is 94.5 Å². The van der Waals surface area contributed by atoms with Crippen molar-refractivity contribution in [2.75, 3.05) is 23.9 Å². The number of nitrogens with zero attached hydrogens (tertiary/aromatic N) is 1. The van der Waals surface area contributed by atoms with Crippen LogP contribution < -0.4 is 0 Å². The van der Waals surface area contributed by atoms with Crippen LogP contribution in [0.5, 0.6) is 0 Å². The zero-order valence-electron chi connectivity index (χ0n) is 8.15. The lowest BCUT2D eigenvalue weighted by atomic mass is 10.2. The number of rotatable bonds is 3. The summed E-state index contributed by atoms with van der Waals surface area (Å²) in [7, 11) is -3.01. The van der Waals surface area contributed by atoms with Crippen LogP contribution in [0.4, 0.5) is 0 Å². The van der Waals surface area contributed by atoms with Gasteiger partial charge in [-0.2, -0.15) is 0 Å². The van der Waals surface area contributed by atoms with Crippen molar-refractivity contribution in [3.05, 3.63) is 0 Å². The van der Waals surface area contributed by atoms with E-state index < -0.39 is 9.84 Å². The van der Waals surface area contributed by atoms with E-state index in [0.717, 1.165) is 0 Å². The third-order valence-corrected chi connectivity index (χ3v) is 4.32. The van der Waals surface area contributed by atoms with Gasteiger partial charge < -0.3 is 4.90 Å². The van der Waals surface area contributed by atoms with E-state index in [1.807, 2.05) is 0 Å². The fraction of sp³-hybridized carbons (Fsp3) is 0.667. The minimum Gasteiger partial charge on any atom is -0.326 e. The van der Waals surface area contributed by atoms with Crippen molar-refractivity contribution < 1.29 is 13.2 Å². The molecule has 6 heteroatoms. The molecule has 84 valence electrons. The van der Waals surface area contributed by atoms with Crippen LogP contribution >= 0.6 is 11.6 Å². The lowest BCUT2D eigenvalue weighted by Gasteiger charge is -2.25. The number of sulfone groups is 1. The molecule has 0 aromatic heterocycles. The smallest absolute Gasteiger partial charge is 0.238 e. The Balaban J connectivity index is 2.75. The zero-order valence-corrected chi connectivity index (χ0v) is 9.72. The van der Waals surface area contributed by atoms with Gasteiger partial charge in [-0.05, 0) is 6.42 Å². The van der Waals surface area contributed by atoms with Gasteiger partial charge in [0.1, 0.15) is 5.88 Å². The first-order valence-corrected chi connectivity index (χ1v) is 6.85. The average molecular weight is 250 g/mol. The molecule has 1 aliphatic heterocycles. The maximum Gasteiger partial charge on any atom is 0.238 e. The highest BCUT2D eigenvalue weighted by atomic mass is 35.5. The minimum absolute atomic E-state index is 0.00267. The molecule has 1 saturated heterocycles. The number of amides is 1. The molecule has 0 N–H and O–H groups in total. The van der Waals surface area contributed by atoms with E-state index in [1.165, 1.54) is 4.90 Å². The van der Waals surface area contributed by atoms with Gasteiger partial charge in [-0.3, -0.25) is 4.79 Å². The van der Waals surface area contributed by atoms with Crippen molar-refractivity contribution in [1.29, 1.82) is 0 Å². The Hall–Kier alpha value is -0.730. The van der Waals surface area contributed by atoms with Gasteiger partial charge in [0, 0.05) is 6.04 Å². The van der Waals surface area contributed by atoms with E-state index in [2.05, 4.69) is 5.92 Å². The molecule has 0 aromatic rings. The summed E-state index contributed by atoms with van der Waals surface area (Å²) in [4.78, 5) is 12.8. The van der Waals surface area contributed by atoms with Crippen LogP contribution in [0.1, 0.15) is 6.42 Å². The molecule has 0 aromatic carbocycles. The fourth-order valence-corrected chi connectivity index (χ4v) is 3.50. The first kappa shape index (κ1) is 12.3. The van der Waals surface area contributed by atoms with E-state index in [9.17, 15) is 13.2 Å². The molecule has 0 saturated carbocycles. The van der Waals surface area contributed by atoms with Crippen LogP contribution in [0.15, 0.2) is 0 Å². The van der Waals surface area contributed by atoms with Crippen LogP contribution in [0.3, 0.4) is 0 Å². The highest BCUT2D eigenvalue weighted by Crippen LogP contribution is 2.17. The second kappa shape index (κ2) is 4.86. The average Bonchev–Trinajstić information content (AvgIpc) is 2.54. The highest BCUT2D eigenvalue weighted by Gasteiger charge is 2.33. The Morgan fingerprint density at radius 2 is 2.27 bits per heavy atom. The van der Waals surface area contributed by atoms with Gasteiger partial charge in [0.25, 0.3) is 0 Å². The molecule has 1 unspecified atom stereocenters. The van der Waals surface area contributed by atoms with Crippen molar-refractivity contribution in [3.8, 4) is 12.3 Å². The molecule has 1 rings (SSSR count). The maximum atomic E-state index is 11.4. The number of halogens is 1. The van der Waals surface area contributed by atoms with E-state index in [1.54, 1.807) is 0 Å². The first-order chi connectivity index (χ1) is 7.00.